The Morgan fingerprint density at radius 1 is 1.11 bits per heavy atom. The van der Waals surface area contributed by atoms with Gasteiger partial charge in [-0.1, -0.05) is 41.6 Å². The van der Waals surface area contributed by atoms with Crippen molar-refractivity contribution in [2.75, 3.05) is 36.2 Å². The maximum absolute atomic E-state index is 13.1. The van der Waals surface area contributed by atoms with Crippen LogP contribution in [-0.4, -0.2) is 62.5 Å². The molecule has 0 saturated carbocycles. The number of carbonyl (C=O) groups excluding carboxylic acids is 1. The summed E-state index contributed by atoms with van der Waals surface area (Å²) in [7, 11) is -0.863. The number of ether oxygens (including phenoxy) is 1. The monoisotopic (exact) mass is 517 g/mol. The van der Waals surface area contributed by atoms with Crippen molar-refractivity contribution >= 4 is 33.4 Å². The van der Waals surface area contributed by atoms with Crippen LogP contribution in [0.3, 0.4) is 0 Å². The van der Waals surface area contributed by atoms with Crippen LogP contribution in [0.2, 0.25) is 0 Å². The fourth-order valence-electron chi connectivity index (χ4n) is 5.03. The highest BCUT2D eigenvalue weighted by Crippen LogP contribution is 2.36. The summed E-state index contributed by atoms with van der Waals surface area (Å²) in [6.45, 7) is 5.49. The predicted molar refractivity (Wildman–Crippen MR) is 141 cm³/mol. The molecular weight excluding hydrogens is 490 g/mol. The SMILES string of the molecule is Cc1noc(C)c1-c1ccc2nc(C(=O)NC3CS(=O)C3)nc(N3CCOCC3c3ccccc3)c2c1. The molecule has 10 heteroatoms. The molecule has 2 aliphatic rings. The number of nitrogens with one attached hydrogen (secondary N) is 1. The molecule has 0 radical (unpaired) electrons. The molecule has 37 heavy (non-hydrogen) atoms. The second kappa shape index (κ2) is 9.68. The zero-order chi connectivity index (χ0) is 25.5. The second-order valence-electron chi connectivity index (χ2n) is 9.44. The third-order valence-corrected chi connectivity index (χ3v) is 8.44. The van der Waals surface area contributed by atoms with Crippen molar-refractivity contribution < 1.29 is 18.3 Å². The number of anilines is 1. The third-order valence-electron chi connectivity index (χ3n) is 6.89. The van der Waals surface area contributed by atoms with Gasteiger partial charge in [0.05, 0.1) is 36.5 Å². The largest absolute Gasteiger partial charge is 0.377 e. The quantitative estimate of drug-likeness (QED) is 0.429. The van der Waals surface area contributed by atoms with Gasteiger partial charge < -0.3 is 19.5 Å². The molecule has 1 atom stereocenters. The van der Waals surface area contributed by atoms with Crippen molar-refractivity contribution in [3.63, 3.8) is 0 Å². The summed E-state index contributed by atoms with van der Waals surface area (Å²) in [6.07, 6.45) is 0. The summed E-state index contributed by atoms with van der Waals surface area (Å²) in [5, 5.41) is 7.88. The Morgan fingerprint density at radius 2 is 1.92 bits per heavy atom. The van der Waals surface area contributed by atoms with E-state index in [1.165, 1.54) is 0 Å². The maximum atomic E-state index is 13.1. The van der Waals surface area contributed by atoms with Gasteiger partial charge in [0.25, 0.3) is 5.91 Å². The molecule has 1 N–H and O–H groups in total. The number of morpholine rings is 1. The molecule has 0 spiro atoms. The van der Waals surface area contributed by atoms with Crippen LogP contribution in [0.1, 0.15) is 33.7 Å². The van der Waals surface area contributed by atoms with Gasteiger partial charge in [0.15, 0.2) is 0 Å². The van der Waals surface area contributed by atoms with E-state index in [4.69, 9.17) is 14.2 Å². The van der Waals surface area contributed by atoms with Crippen LogP contribution in [0.15, 0.2) is 53.1 Å². The number of rotatable bonds is 5. The summed E-state index contributed by atoms with van der Waals surface area (Å²) in [5.41, 5.74) is 4.48. The first-order valence-corrected chi connectivity index (χ1v) is 13.8. The van der Waals surface area contributed by atoms with Gasteiger partial charge in [-0.2, -0.15) is 0 Å². The Morgan fingerprint density at radius 3 is 2.65 bits per heavy atom. The number of nitrogens with zero attached hydrogens (tertiary/aromatic N) is 4. The molecule has 2 fully saturated rings. The summed E-state index contributed by atoms with van der Waals surface area (Å²) in [6, 6.07) is 15.9. The lowest BCUT2D eigenvalue weighted by atomic mass is 10.0. The normalized spacial score (nSPS) is 21.6. The van der Waals surface area contributed by atoms with E-state index in [-0.39, 0.29) is 23.8 Å². The summed E-state index contributed by atoms with van der Waals surface area (Å²) in [5.74, 6) is 2.09. The average Bonchev–Trinajstić information content (AvgIpc) is 3.24. The van der Waals surface area contributed by atoms with Crippen molar-refractivity contribution in [2.24, 2.45) is 0 Å². The highest BCUT2D eigenvalue weighted by molar-refractivity contribution is 7.86. The molecule has 0 bridgehead atoms. The van der Waals surface area contributed by atoms with E-state index < -0.39 is 10.8 Å². The van der Waals surface area contributed by atoms with E-state index in [0.717, 1.165) is 33.5 Å². The second-order valence-corrected chi connectivity index (χ2v) is 11.0. The summed E-state index contributed by atoms with van der Waals surface area (Å²) < 4.78 is 22.8. The van der Waals surface area contributed by atoms with E-state index in [2.05, 4.69) is 32.5 Å². The van der Waals surface area contributed by atoms with E-state index >= 15 is 0 Å². The minimum atomic E-state index is -0.863. The van der Waals surface area contributed by atoms with Crippen LogP contribution < -0.4 is 10.2 Å². The van der Waals surface area contributed by atoms with Crippen LogP contribution >= 0.6 is 0 Å². The summed E-state index contributed by atoms with van der Waals surface area (Å²) >= 11 is 0. The number of fused-ring (bicyclic) bond motifs is 1. The standard InChI is InChI=1S/C27H27N5O4S/c1-16-24(17(2)36-31-16)19-8-9-22-21(12-19)26(30-25(29-22)27(33)28-20-14-37(34)15-20)32-10-11-35-13-23(32)18-6-4-3-5-7-18/h3-9,12,20,23H,10-11,13-15H2,1-2H3,(H,28,33). The van der Waals surface area contributed by atoms with Gasteiger partial charge in [-0.15, -0.1) is 0 Å². The first-order chi connectivity index (χ1) is 18.0. The minimum Gasteiger partial charge on any atom is -0.377 e. The average molecular weight is 518 g/mol. The molecule has 2 aliphatic heterocycles. The molecule has 4 aromatic rings. The number of hydrogen-bond donors (Lipinski definition) is 1. The van der Waals surface area contributed by atoms with E-state index in [1.807, 2.05) is 50.2 Å². The van der Waals surface area contributed by atoms with Crippen LogP contribution in [0, 0.1) is 13.8 Å². The molecule has 9 nitrogen and oxygen atoms in total. The molecule has 190 valence electrons. The zero-order valence-electron chi connectivity index (χ0n) is 20.6. The highest BCUT2D eigenvalue weighted by atomic mass is 32.2. The number of aryl methyl sites for hydroxylation is 2. The Balaban J connectivity index is 1.49. The number of benzene rings is 2. The molecule has 0 aliphatic carbocycles. The van der Waals surface area contributed by atoms with Gasteiger partial charge in [-0.05, 0) is 37.1 Å². The van der Waals surface area contributed by atoms with Crippen molar-refractivity contribution in [2.45, 2.75) is 25.9 Å². The van der Waals surface area contributed by atoms with Gasteiger partial charge in [0, 0.05) is 39.8 Å². The Kier molecular flexibility index (Phi) is 6.21. The maximum Gasteiger partial charge on any atom is 0.289 e. The zero-order valence-corrected chi connectivity index (χ0v) is 21.5. The molecule has 2 aromatic heterocycles. The van der Waals surface area contributed by atoms with E-state index in [1.54, 1.807) is 0 Å². The fourth-order valence-corrected chi connectivity index (χ4v) is 5.99. The predicted octanol–water partition coefficient (Wildman–Crippen LogP) is 3.34. The minimum absolute atomic E-state index is 0.0688. The lowest BCUT2D eigenvalue weighted by Crippen LogP contribution is -2.50. The van der Waals surface area contributed by atoms with Crippen LogP contribution in [0.25, 0.3) is 22.0 Å². The molecule has 4 heterocycles. The lowest BCUT2D eigenvalue weighted by molar-refractivity contribution is 0.0925. The molecule has 2 aromatic carbocycles. The molecule has 6 rings (SSSR count). The van der Waals surface area contributed by atoms with Crippen molar-refractivity contribution in [3.8, 4) is 11.1 Å². The lowest BCUT2D eigenvalue weighted by Gasteiger charge is -2.37. The van der Waals surface area contributed by atoms with Gasteiger partial charge in [-0.25, -0.2) is 9.97 Å². The van der Waals surface area contributed by atoms with Gasteiger partial charge in [-0.3, -0.25) is 9.00 Å². The summed E-state index contributed by atoms with van der Waals surface area (Å²) in [4.78, 5) is 24.8. The van der Waals surface area contributed by atoms with E-state index in [9.17, 15) is 9.00 Å². The number of aromatic nitrogens is 3. The Hall–Kier alpha value is -3.63. The topological polar surface area (TPSA) is 110 Å². The molecular formula is C27H27N5O4S. The Labute approximate surface area is 216 Å². The van der Waals surface area contributed by atoms with Crippen LogP contribution in [-0.2, 0) is 15.5 Å². The molecule has 1 unspecified atom stereocenters. The Bertz CT molecular complexity index is 1480. The van der Waals surface area contributed by atoms with Gasteiger partial charge in [0.2, 0.25) is 5.82 Å². The molecule has 1 amide bonds. The smallest absolute Gasteiger partial charge is 0.289 e. The first kappa shape index (κ1) is 23.7. The van der Waals surface area contributed by atoms with Gasteiger partial charge >= 0.3 is 0 Å². The number of amides is 1. The highest BCUT2D eigenvalue weighted by Gasteiger charge is 2.31. The van der Waals surface area contributed by atoms with Crippen molar-refractivity contribution in [1.29, 1.82) is 0 Å². The van der Waals surface area contributed by atoms with Crippen LogP contribution in [0.4, 0.5) is 5.82 Å². The molecule has 2 saturated heterocycles. The first-order valence-electron chi connectivity index (χ1n) is 12.3. The fraction of sp³-hybridized carbons (Fsp3) is 0.333. The van der Waals surface area contributed by atoms with Crippen molar-refractivity contribution in [1.82, 2.24) is 20.4 Å². The van der Waals surface area contributed by atoms with Gasteiger partial charge in [0.1, 0.15) is 11.6 Å². The number of hydrogen-bond acceptors (Lipinski definition) is 8. The number of carbonyl (C=O) groups is 1. The van der Waals surface area contributed by atoms with E-state index in [0.29, 0.717) is 42.6 Å². The van der Waals surface area contributed by atoms with Crippen LogP contribution in [0.5, 0.6) is 0 Å². The third kappa shape index (κ3) is 4.51. The van der Waals surface area contributed by atoms with Crippen molar-refractivity contribution in [3.05, 3.63) is 71.4 Å².